The van der Waals surface area contributed by atoms with Crippen molar-refractivity contribution in [2.24, 2.45) is 5.41 Å². The van der Waals surface area contributed by atoms with Crippen molar-refractivity contribution >= 4 is 11.9 Å². The lowest BCUT2D eigenvalue weighted by Crippen LogP contribution is -2.28. The molecule has 0 saturated heterocycles. The summed E-state index contributed by atoms with van der Waals surface area (Å²) in [5.41, 5.74) is 0.111. The minimum atomic E-state index is -0.977. The predicted octanol–water partition coefficient (Wildman–Crippen LogP) is 1.44. The molecule has 0 saturated carbocycles. The molecule has 0 fully saturated rings. The number of carboxylic acids is 1. The van der Waals surface area contributed by atoms with E-state index in [0.717, 1.165) is 6.42 Å². The second-order valence-electron chi connectivity index (χ2n) is 6.06. The van der Waals surface area contributed by atoms with Crippen molar-refractivity contribution in [3.8, 4) is 0 Å². The first-order valence-electron chi connectivity index (χ1n) is 6.60. The Morgan fingerprint density at radius 3 is 2.60 bits per heavy atom. The first-order chi connectivity index (χ1) is 9.17. The van der Waals surface area contributed by atoms with Gasteiger partial charge >= 0.3 is 5.97 Å². The summed E-state index contributed by atoms with van der Waals surface area (Å²) in [5.74, 6) is -0.361. The first kappa shape index (κ1) is 16.1. The van der Waals surface area contributed by atoms with Crippen LogP contribution in [0, 0.1) is 5.41 Å². The van der Waals surface area contributed by atoms with Crippen LogP contribution in [-0.2, 0) is 16.0 Å². The standard InChI is InChI=1S/C13H22N4O3/c1-8(14-10(18)5-6-13(2,3)4)12-15-9(16-17-12)7-11(19)20/h8H,5-7H2,1-4H3,(H,14,18)(H,19,20)(H,15,16,17). The topological polar surface area (TPSA) is 108 Å². The fraction of sp³-hybridized carbons (Fsp3) is 0.692. The second-order valence-corrected chi connectivity index (χ2v) is 6.06. The van der Waals surface area contributed by atoms with Crippen molar-refractivity contribution < 1.29 is 14.7 Å². The SMILES string of the molecule is CC(NC(=O)CCC(C)(C)C)c1n[nH]c(CC(=O)O)n1. The molecule has 3 N–H and O–H groups in total. The lowest BCUT2D eigenvalue weighted by molar-refractivity contribution is -0.136. The molecule has 1 heterocycles. The van der Waals surface area contributed by atoms with Crippen molar-refractivity contribution in [1.29, 1.82) is 0 Å². The van der Waals surface area contributed by atoms with Crippen LogP contribution in [0.5, 0.6) is 0 Å². The van der Waals surface area contributed by atoms with Crippen LogP contribution in [0.2, 0.25) is 0 Å². The van der Waals surface area contributed by atoms with Crippen LogP contribution in [0.15, 0.2) is 0 Å². The van der Waals surface area contributed by atoms with E-state index in [1.807, 2.05) is 0 Å². The number of amides is 1. The molecule has 0 radical (unpaired) electrons. The van der Waals surface area contributed by atoms with Crippen molar-refractivity contribution in [2.75, 3.05) is 0 Å². The number of hydrogen-bond acceptors (Lipinski definition) is 4. The Balaban J connectivity index is 2.49. The molecule has 1 aromatic heterocycles. The Bertz CT molecular complexity index is 476. The Kier molecular flexibility index (Phi) is 5.24. The minimum absolute atomic E-state index is 0.0583. The molecule has 1 rings (SSSR count). The number of H-pyrrole nitrogens is 1. The molecule has 7 nitrogen and oxygen atoms in total. The van der Waals surface area contributed by atoms with E-state index in [1.165, 1.54) is 0 Å². The Morgan fingerprint density at radius 2 is 2.05 bits per heavy atom. The van der Waals surface area contributed by atoms with E-state index in [1.54, 1.807) is 6.92 Å². The van der Waals surface area contributed by atoms with Gasteiger partial charge in [0.25, 0.3) is 0 Å². The third kappa shape index (κ3) is 5.81. The third-order valence-electron chi connectivity index (χ3n) is 2.73. The van der Waals surface area contributed by atoms with Gasteiger partial charge in [-0.2, -0.15) is 5.10 Å². The van der Waals surface area contributed by atoms with E-state index in [2.05, 4.69) is 41.3 Å². The summed E-state index contributed by atoms with van der Waals surface area (Å²) in [6.07, 6.45) is 1.03. The van der Waals surface area contributed by atoms with Gasteiger partial charge in [0.15, 0.2) is 5.82 Å². The van der Waals surface area contributed by atoms with Gasteiger partial charge in [0.2, 0.25) is 5.91 Å². The number of carboxylic acid groups (broad SMARTS) is 1. The summed E-state index contributed by atoms with van der Waals surface area (Å²) >= 11 is 0. The molecule has 1 atom stereocenters. The number of rotatable bonds is 6. The molecule has 0 aliphatic carbocycles. The summed E-state index contributed by atoms with van der Waals surface area (Å²) in [6, 6.07) is -0.346. The lowest BCUT2D eigenvalue weighted by atomic mass is 9.90. The molecule has 112 valence electrons. The van der Waals surface area contributed by atoms with Crippen molar-refractivity contribution in [3.05, 3.63) is 11.6 Å². The van der Waals surface area contributed by atoms with E-state index in [-0.39, 0.29) is 29.6 Å². The van der Waals surface area contributed by atoms with Crippen LogP contribution in [0.3, 0.4) is 0 Å². The molecular weight excluding hydrogens is 260 g/mol. The molecule has 1 amide bonds. The van der Waals surface area contributed by atoms with Crippen LogP contribution in [0.1, 0.15) is 58.2 Å². The van der Waals surface area contributed by atoms with Crippen LogP contribution >= 0.6 is 0 Å². The summed E-state index contributed by atoms with van der Waals surface area (Å²) in [5, 5.41) is 17.9. The van der Waals surface area contributed by atoms with E-state index in [4.69, 9.17) is 5.11 Å². The number of aliphatic carboxylic acids is 1. The zero-order valence-electron chi connectivity index (χ0n) is 12.4. The molecule has 0 spiro atoms. The predicted molar refractivity (Wildman–Crippen MR) is 73.0 cm³/mol. The number of carbonyl (C=O) groups excluding carboxylic acids is 1. The van der Waals surface area contributed by atoms with Crippen LogP contribution < -0.4 is 5.32 Å². The summed E-state index contributed by atoms with van der Waals surface area (Å²) in [6.45, 7) is 8.01. The molecule has 1 unspecified atom stereocenters. The molecule has 0 aromatic carbocycles. The van der Waals surface area contributed by atoms with Crippen LogP contribution in [0.4, 0.5) is 0 Å². The van der Waals surface area contributed by atoms with Gasteiger partial charge in [0.1, 0.15) is 12.2 Å². The molecule has 7 heteroatoms. The number of aromatic amines is 1. The average molecular weight is 282 g/mol. The molecule has 0 aliphatic heterocycles. The number of nitrogens with zero attached hydrogens (tertiary/aromatic N) is 2. The molecule has 1 aromatic rings. The maximum absolute atomic E-state index is 11.8. The third-order valence-corrected chi connectivity index (χ3v) is 2.73. The van der Waals surface area contributed by atoms with Gasteiger partial charge in [-0.3, -0.25) is 14.7 Å². The lowest BCUT2D eigenvalue weighted by Gasteiger charge is -2.18. The average Bonchev–Trinajstić information content (AvgIpc) is 2.73. The molecule has 20 heavy (non-hydrogen) atoms. The number of aromatic nitrogens is 3. The van der Waals surface area contributed by atoms with E-state index in [9.17, 15) is 9.59 Å². The number of nitrogens with one attached hydrogen (secondary N) is 2. The van der Waals surface area contributed by atoms with Gasteiger partial charge in [-0.15, -0.1) is 0 Å². The Morgan fingerprint density at radius 1 is 1.40 bits per heavy atom. The van der Waals surface area contributed by atoms with Crippen LogP contribution in [-0.4, -0.2) is 32.2 Å². The van der Waals surface area contributed by atoms with Crippen molar-refractivity contribution in [3.63, 3.8) is 0 Å². The molecule has 0 bridgehead atoms. The van der Waals surface area contributed by atoms with Crippen molar-refractivity contribution in [1.82, 2.24) is 20.5 Å². The normalized spacial score (nSPS) is 13.0. The zero-order chi connectivity index (χ0) is 15.3. The fourth-order valence-electron chi connectivity index (χ4n) is 1.59. The van der Waals surface area contributed by atoms with E-state index in [0.29, 0.717) is 12.2 Å². The monoisotopic (exact) mass is 282 g/mol. The summed E-state index contributed by atoms with van der Waals surface area (Å²) in [4.78, 5) is 26.4. The van der Waals surface area contributed by atoms with Gasteiger partial charge < -0.3 is 10.4 Å². The van der Waals surface area contributed by atoms with Gasteiger partial charge in [-0.05, 0) is 18.8 Å². The highest BCUT2D eigenvalue weighted by Gasteiger charge is 2.17. The van der Waals surface area contributed by atoms with Gasteiger partial charge in [-0.1, -0.05) is 20.8 Å². The van der Waals surface area contributed by atoms with Crippen LogP contribution in [0.25, 0.3) is 0 Å². The maximum Gasteiger partial charge on any atom is 0.311 e. The molecular formula is C13H22N4O3. The quantitative estimate of drug-likeness (QED) is 0.731. The second kappa shape index (κ2) is 6.49. The molecule has 0 aliphatic rings. The van der Waals surface area contributed by atoms with Gasteiger partial charge in [0, 0.05) is 6.42 Å². The largest absolute Gasteiger partial charge is 0.481 e. The number of carbonyl (C=O) groups is 2. The maximum atomic E-state index is 11.8. The highest BCUT2D eigenvalue weighted by Crippen LogP contribution is 2.20. The smallest absolute Gasteiger partial charge is 0.311 e. The first-order valence-corrected chi connectivity index (χ1v) is 6.60. The number of hydrogen-bond donors (Lipinski definition) is 3. The highest BCUT2D eigenvalue weighted by molar-refractivity contribution is 5.76. The summed E-state index contributed by atoms with van der Waals surface area (Å²) in [7, 11) is 0. The fourth-order valence-corrected chi connectivity index (χ4v) is 1.59. The van der Waals surface area contributed by atoms with E-state index < -0.39 is 5.97 Å². The Labute approximate surface area is 118 Å². The Hall–Kier alpha value is -1.92. The minimum Gasteiger partial charge on any atom is -0.481 e. The van der Waals surface area contributed by atoms with Gasteiger partial charge in [-0.25, -0.2) is 4.98 Å². The van der Waals surface area contributed by atoms with Crippen molar-refractivity contribution in [2.45, 2.75) is 53.0 Å². The van der Waals surface area contributed by atoms with E-state index >= 15 is 0 Å². The van der Waals surface area contributed by atoms with Gasteiger partial charge in [0.05, 0.1) is 6.04 Å². The summed E-state index contributed by atoms with van der Waals surface area (Å²) < 4.78 is 0. The highest BCUT2D eigenvalue weighted by atomic mass is 16.4. The zero-order valence-corrected chi connectivity index (χ0v) is 12.4.